The second-order valence-corrected chi connectivity index (χ2v) is 8.55. The van der Waals surface area contributed by atoms with Crippen LogP contribution < -0.4 is 5.73 Å². The molecule has 0 aromatic heterocycles. The molecule has 126 valence electrons. The van der Waals surface area contributed by atoms with Gasteiger partial charge in [-0.25, -0.2) is 0 Å². The van der Waals surface area contributed by atoms with E-state index in [2.05, 4.69) is 0 Å². The van der Waals surface area contributed by atoms with E-state index in [4.69, 9.17) is 10.3 Å². The SMILES string of the molecule is Nc1ccc2cc(S(=O)(=O)O)c(S(=O)(=O)O)c(S(=O)(=O)O)c2c1. The molecule has 0 spiro atoms. The second kappa shape index (κ2) is 5.12. The molecule has 0 heterocycles. The van der Waals surface area contributed by atoms with Crippen molar-refractivity contribution >= 4 is 46.8 Å². The fraction of sp³-hybridized carbons (Fsp3) is 0. The summed E-state index contributed by atoms with van der Waals surface area (Å²) < 4.78 is 96.4. The van der Waals surface area contributed by atoms with Crippen LogP contribution in [0.15, 0.2) is 39.0 Å². The average Bonchev–Trinajstić information content (AvgIpc) is 2.32. The summed E-state index contributed by atoms with van der Waals surface area (Å²) >= 11 is 0. The zero-order valence-electron chi connectivity index (χ0n) is 10.9. The number of nitrogens with two attached hydrogens (primary N) is 1. The van der Waals surface area contributed by atoms with E-state index in [9.17, 15) is 34.4 Å². The molecule has 0 aliphatic rings. The van der Waals surface area contributed by atoms with Gasteiger partial charge in [-0.1, -0.05) is 6.07 Å². The fourth-order valence-electron chi connectivity index (χ4n) is 2.03. The molecule has 2 rings (SSSR count). The van der Waals surface area contributed by atoms with Gasteiger partial charge in [-0.3, -0.25) is 13.7 Å². The molecule has 2 aromatic carbocycles. The summed E-state index contributed by atoms with van der Waals surface area (Å²) in [6.07, 6.45) is 0. The van der Waals surface area contributed by atoms with Crippen LogP contribution in [0, 0.1) is 0 Å². The summed E-state index contributed by atoms with van der Waals surface area (Å²) in [4.78, 5) is -4.47. The minimum Gasteiger partial charge on any atom is -0.399 e. The van der Waals surface area contributed by atoms with E-state index in [1.165, 1.54) is 6.07 Å². The summed E-state index contributed by atoms with van der Waals surface area (Å²) in [5.41, 5.74) is 5.44. The summed E-state index contributed by atoms with van der Waals surface area (Å²) in [7, 11) is -16.0. The lowest BCUT2D eigenvalue weighted by molar-refractivity contribution is 0.457. The van der Waals surface area contributed by atoms with Crippen LogP contribution in [0.4, 0.5) is 5.69 Å². The van der Waals surface area contributed by atoms with Crippen molar-refractivity contribution in [3.8, 4) is 0 Å². The molecule has 0 saturated carbocycles. The first-order valence-electron chi connectivity index (χ1n) is 5.51. The Bertz CT molecular complexity index is 1130. The number of benzene rings is 2. The van der Waals surface area contributed by atoms with Crippen LogP contribution in [-0.4, -0.2) is 38.9 Å². The monoisotopic (exact) mass is 383 g/mol. The van der Waals surface area contributed by atoms with Gasteiger partial charge in [0.25, 0.3) is 30.4 Å². The van der Waals surface area contributed by atoms with Gasteiger partial charge in [-0.05, 0) is 23.6 Å². The minimum absolute atomic E-state index is 0.0247. The average molecular weight is 383 g/mol. The standard InChI is InChI=1S/C10H9NO9S3/c11-6-2-1-5-3-8(21(12,13)14)10(23(18,19)20)9(7(5)4-6)22(15,16)17/h1-4H,11H2,(H,12,13,14)(H,15,16,17)(H,18,19,20). The van der Waals surface area contributed by atoms with Crippen molar-refractivity contribution in [2.75, 3.05) is 5.73 Å². The number of hydrogen-bond acceptors (Lipinski definition) is 7. The molecule has 0 atom stereocenters. The molecule has 2 aromatic rings. The van der Waals surface area contributed by atoms with Crippen LogP contribution >= 0.6 is 0 Å². The highest BCUT2D eigenvalue weighted by atomic mass is 32.2. The zero-order chi connectivity index (χ0) is 17.8. The van der Waals surface area contributed by atoms with Crippen LogP contribution in [0.5, 0.6) is 0 Å². The largest absolute Gasteiger partial charge is 0.399 e. The lowest BCUT2D eigenvalue weighted by atomic mass is 10.1. The predicted molar refractivity (Wildman–Crippen MR) is 77.8 cm³/mol. The fourth-order valence-corrected chi connectivity index (χ4v) is 5.43. The van der Waals surface area contributed by atoms with E-state index < -0.39 is 50.4 Å². The Morgan fingerprint density at radius 3 is 1.70 bits per heavy atom. The first kappa shape index (κ1) is 17.6. The molecular weight excluding hydrogens is 374 g/mol. The maximum absolute atomic E-state index is 11.6. The molecule has 0 bridgehead atoms. The van der Waals surface area contributed by atoms with Crippen molar-refractivity contribution in [3.63, 3.8) is 0 Å². The molecule has 0 unspecified atom stereocenters. The van der Waals surface area contributed by atoms with Gasteiger partial charge in [0.2, 0.25) is 0 Å². The Morgan fingerprint density at radius 1 is 0.739 bits per heavy atom. The highest BCUT2D eigenvalue weighted by molar-refractivity contribution is 7.90. The van der Waals surface area contributed by atoms with E-state index >= 15 is 0 Å². The zero-order valence-corrected chi connectivity index (χ0v) is 13.4. The number of anilines is 1. The molecular formula is C10H9NO9S3. The molecule has 0 radical (unpaired) electrons. The summed E-state index contributed by atoms with van der Waals surface area (Å²) in [5, 5.41) is -0.612. The van der Waals surface area contributed by atoms with E-state index in [1.54, 1.807) is 0 Å². The van der Waals surface area contributed by atoms with Gasteiger partial charge in [0.05, 0.1) is 0 Å². The summed E-state index contributed by atoms with van der Waals surface area (Å²) in [6.45, 7) is 0. The molecule has 10 nitrogen and oxygen atoms in total. The Balaban J connectivity index is 3.34. The van der Waals surface area contributed by atoms with E-state index in [-0.39, 0.29) is 11.1 Å². The molecule has 0 fully saturated rings. The Kier molecular flexibility index (Phi) is 3.91. The van der Waals surface area contributed by atoms with Gasteiger partial charge >= 0.3 is 0 Å². The number of hydrogen-bond donors (Lipinski definition) is 4. The van der Waals surface area contributed by atoms with Crippen LogP contribution in [0.2, 0.25) is 0 Å². The lowest BCUT2D eigenvalue weighted by Crippen LogP contribution is -2.15. The highest BCUT2D eigenvalue weighted by Gasteiger charge is 2.34. The molecule has 13 heteroatoms. The number of fused-ring (bicyclic) bond motifs is 1. The van der Waals surface area contributed by atoms with Crippen LogP contribution in [-0.2, 0) is 30.4 Å². The van der Waals surface area contributed by atoms with Gasteiger partial charge in [0, 0.05) is 11.1 Å². The van der Waals surface area contributed by atoms with Crippen molar-refractivity contribution in [2.24, 2.45) is 0 Å². The van der Waals surface area contributed by atoms with Crippen molar-refractivity contribution in [1.82, 2.24) is 0 Å². The van der Waals surface area contributed by atoms with Crippen LogP contribution in [0.3, 0.4) is 0 Å². The summed E-state index contributed by atoms with van der Waals surface area (Å²) in [6, 6.07) is 3.97. The van der Waals surface area contributed by atoms with Crippen molar-refractivity contribution in [2.45, 2.75) is 14.7 Å². The first-order valence-corrected chi connectivity index (χ1v) is 9.83. The highest BCUT2D eigenvalue weighted by Crippen LogP contribution is 2.36. The third-order valence-electron chi connectivity index (χ3n) is 2.83. The van der Waals surface area contributed by atoms with Crippen molar-refractivity contribution in [3.05, 3.63) is 24.3 Å². The van der Waals surface area contributed by atoms with Crippen molar-refractivity contribution < 1.29 is 38.9 Å². The third-order valence-corrected chi connectivity index (χ3v) is 5.85. The summed E-state index contributed by atoms with van der Waals surface area (Å²) in [5.74, 6) is 0. The Hall–Kier alpha value is -1.77. The van der Waals surface area contributed by atoms with Crippen molar-refractivity contribution in [1.29, 1.82) is 0 Å². The second-order valence-electron chi connectivity index (χ2n) is 4.44. The van der Waals surface area contributed by atoms with E-state index in [0.29, 0.717) is 6.07 Å². The van der Waals surface area contributed by atoms with Crippen LogP contribution in [0.1, 0.15) is 0 Å². The normalized spacial score (nSPS) is 13.3. The molecule has 0 saturated heterocycles. The third kappa shape index (κ3) is 3.29. The molecule has 0 amide bonds. The first-order chi connectivity index (χ1) is 10.2. The lowest BCUT2D eigenvalue weighted by Gasteiger charge is -2.13. The maximum Gasteiger partial charge on any atom is 0.297 e. The van der Waals surface area contributed by atoms with Crippen LogP contribution in [0.25, 0.3) is 10.8 Å². The Morgan fingerprint density at radius 2 is 1.26 bits per heavy atom. The quantitative estimate of drug-likeness (QED) is 0.419. The number of rotatable bonds is 3. The topological polar surface area (TPSA) is 189 Å². The molecule has 5 N–H and O–H groups in total. The minimum atomic E-state index is -5.45. The van der Waals surface area contributed by atoms with Gasteiger partial charge in [-0.2, -0.15) is 25.3 Å². The van der Waals surface area contributed by atoms with Gasteiger partial charge in [0.1, 0.15) is 14.7 Å². The van der Waals surface area contributed by atoms with E-state index in [1.807, 2.05) is 0 Å². The van der Waals surface area contributed by atoms with Gasteiger partial charge < -0.3 is 5.73 Å². The van der Waals surface area contributed by atoms with Gasteiger partial charge in [-0.15, -0.1) is 0 Å². The molecule has 0 aliphatic carbocycles. The van der Waals surface area contributed by atoms with Gasteiger partial charge in [0.15, 0.2) is 0 Å². The van der Waals surface area contributed by atoms with E-state index in [0.717, 1.165) is 12.1 Å². The molecule has 23 heavy (non-hydrogen) atoms. The maximum atomic E-state index is 11.6. The smallest absolute Gasteiger partial charge is 0.297 e. The Labute approximate surface area is 130 Å². The predicted octanol–water partition coefficient (Wildman–Crippen LogP) is 0.162. The number of nitrogen functional groups attached to an aromatic ring is 1. The molecule has 0 aliphatic heterocycles.